The number of ether oxygens (including phenoxy) is 1. The highest BCUT2D eigenvalue weighted by atomic mass is 35.5. The van der Waals surface area contributed by atoms with Crippen molar-refractivity contribution in [1.82, 2.24) is 29.8 Å². The minimum absolute atomic E-state index is 0.0673. The van der Waals surface area contributed by atoms with E-state index in [9.17, 15) is 4.79 Å². The summed E-state index contributed by atoms with van der Waals surface area (Å²) in [6, 6.07) is 7.42. The molecule has 1 aliphatic heterocycles. The Morgan fingerprint density at radius 1 is 1.19 bits per heavy atom. The Bertz CT molecular complexity index is 1700. The van der Waals surface area contributed by atoms with E-state index in [0.717, 1.165) is 24.1 Å². The standard InChI is InChI=1S/C31H31ClFN7O2/c1-17-12-21(36-18(2)35-17)10-11-25(41)40-15-19(16-40)14-39(3)30-23-13-34-28(27(33)29(23)37-31(38-30)42-4)22-6-5-7-24(32)26(22)20-8-9-20/h5-7,10-13,19-20H,8-9,14-16H2,1-4H3/b11-10+. The second-order valence-corrected chi connectivity index (χ2v) is 11.4. The van der Waals surface area contributed by atoms with E-state index in [-0.39, 0.29) is 29.0 Å². The molecule has 9 nitrogen and oxygen atoms in total. The molecule has 2 aliphatic rings. The number of benzene rings is 1. The highest BCUT2D eigenvalue weighted by Gasteiger charge is 2.32. The van der Waals surface area contributed by atoms with E-state index >= 15 is 4.39 Å². The van der Waals surface area contributed by atoms with Gasteiger partial charge in [0, 0.05) is 61.2 Å². The minimum Gasteiger partial charge on any atom is -0.467 e. The normalized spacial score (nSPS) is 15.3. The number of pyridine rings is 1. The van der Waals surface area contributed by atoms with Gasteiger partial charge < -0.3 is 14.5 Å². The number of halogens is 2. The number of carbonyl (C=O) groups excluding carboxylic acids is 1. The van der Waals surface area contributed by atoms with Gasteiger partial charge in [0.1, 0.15) is 22.9 Å². The first-order valence-corrected chi connectivity index (χ1v) is 14.3. The molecule has 4 aromatic rings. The Hall–Kier alpha value is -4.18. The van der Waals surface area contributed by atoms with E-state index in [2.05, 4.69) is 24.9 Å². The van der Waals surface area contributed by atoms with Crippen molar-refractivity contribution in [3.8, 4) is 17.3 Å². The van der Waals surface area contributed by atoms with Gasteiger partial charge in [-0.15, -0.1) is 0 Å². The molecular formula is C31H31ClFN7O2. The summed E-state index contributed by atoms with van der Waals surface area (Å²) in [6.07, 6.45) is 6.94. The Morgan fingerprint density at radius 2 is 1.98 bits per heavy atom. The molecule has 0 N–H and O–H groups in total. The molecule has 0 atom stereocenters. The summed E-state index contributed by atoms with van der Waals surface area (Å²) >= 11 is 6.52. The molecule has 4 heterocycles. The van der Waals surface area contributed by atoms with Crippen LogP contribution in [-0.4, -0.2) is 69.5 Å². The van der Waals surface area contributed by atoms with Gasteiger partial charge in [-0.05, 0) is 56.4 Å². The van der Waals surface area contributed by atoms with Crippen molar-refractivity contribution < 1.29 is 13.9 Å². The van der Waals surface area contributed by atoms with Crippen molar-refractivity contribution in [2.24, 2.45) is 5.92 Å². The molecule has 0 bridgehead atoms. The zero-order valence-corrected chi connectivity index (χ0v) is 24.7. The fourth-order valence-corrected chi connectivity index (χ4v) is 5.88. The van der Waals surface area contributed by atoms with Gasteiger partial charge in [-0.1, -0.05) is 23.7 Å². The van der Waals surface area contributed by atoms with Gasteiger partial charge in [-0.25, -0.2) is 14.4 Å². The van der Waals surface area contributed by atoms with Crippen molar-refractivity contribution in [1.29, 1.82) is 0 Å². The summed E-state index contributed by atoms with van der Waals surface area (Å²) in [5.74, 6) is 1.12. The molecule has 1 aliphatic carbocycles. The van der Waals surface area contributed by atoms with Crippen LogP contribution in [0.25, 0.3) is 28.2 Å². The Morgan fingerprint density at radius 3 is 2.69 bits per heavy atom. The highest BCUT2D eigenvalue weighted by Crippen LogP contribution is 2.48. The van der Waals surface area contributed by atoms with E-state index in [1.54, 1.807) is 23.2 Å². The summed E-state index contributed by atoms with van der Waals surface area (Å²) in [4.78, 5) is 38.5. The number of rotatable bonds is 8. The van der Waals surface area contributed by atoms with Crippen LogP contribution in [0.1, 0.15) is 41.5 Å². The number of methoxy groups -OCH3 is 1. The lowest BCUT2D eigenvalue weighted by atomic mass is 9.98. The van der Waals surface area contributed by atoms with Crippen LogP contribution in [0, 0.1) is 25.6 Å². The molecule has 0 radical (unpaired) electrons. The number of hydrogen-bond donors (Lipinski definition) is 0. The maximum atomic E-state index is 16.1. The molecule has 42 heavy (non-hydrogen) atoms. The first-order chi connectivity index (χ1) is 20.2. The van der Waals surface area contributed by atoms with Crippen LogP contribution in [0.15, 0.2) is 36.5 Å². The zero-order valence-electron chi connectivity index (χ0n) is 23.9. The summed E-state index contributed by atoms with van der Waals surface area (Å²) in [5.41, 5.74) is 3.54. The number of amides is 1. The average molecular weight is 588 g/mol. The van der Waals surface area contributed by atoms with Crippen molar-refractivity contribution >= 4 is 40.3 Å². The number of aromatic nitrogens is 5. The summed E-state index contributed by atoms with van der Waals surface area (Å²) < 4.78 is 21.5. The molecule has 1 saturated carbocycles. The number of fused-ring (bicyclic) bond motifs is 1. The molecule has 216 valence electrons. The molecule has 6 rings (SSSR count). The number of aryl methyl sites for hydroxylation is 2. The third kappa shape index (κ3) is 5.51. The third-order valence-corrected chi connectivity index (χ3v) is 7.99. The largest absolute Gasteiger partial charge is 0.467 e. The quantitative estimate of drug-likeness (QED) is 0.253. The van der Waals surface area contributed by atoms with Crippen LogP contribution in [0.5, 0.6) is 6.01 Å². The molecular weight excluding hydrogens is 557 g/mol. The molecule has 3 aromatic heterocycles. The number of anilines is 1. The van der Waals surface area contributed by atoms with Crippen LogP contribution in [0.3, 0.4) is 0 Å². The van der Waals surface area contributed by atoms with Gasteiger partial charge in [-0.3, -0.25) is 9.78 Å². The van der Waals surface area contributed by atoms with Crippen molar-refractivity contribution in [3.05, 3.63) is 70.2 Å². The minimum atomic E-state index is -0.534. The summed E-state index contributed by atoms with van der Waals surface area (Å²) in [7, 11) is 3.35. The fourth-order valence-electron chi connectivity index (χ4n) is 5.55. The SMILES string of the molecule is COc1nc(N(C)CC2CN(C(=O)/C=C/c3cc(C)nc(C)n3)C2)c2cnc(-c3cccc(Cl)c3C3CC3)c(F)c2n1. The van der Waals surface area contributed by atoms with Gasteiger partial charge in [0.05, 0.1) is 18.2 Å². The number of hydrogen-bond acceptors (Lipinski definition) is 8. The summed E-state index contributed by atoms with van der Waals surface area (Å²) in [5, 5.41) is 1.11. The maximum absolute atomic E-state index is 16.1. The average Bonchev–Trinajstić information content (AvgIpc) is 3.78. The first-order valence-electron chi connectivity index (χ1n) is 13.9. The Labute approximate surface area is 248 Å². The molecule has 0 spiro atoms. The number of likely N-dealkylation sites (tertiary alicyclic amines) is 1. The van der Waals surface area contributed by atoms with Crippen LogP contribution >= 0.6 is 11.6 Å². The molecule has 1 saturated heterocycles. The predicted octanol–water partition coefficient (Wildman–Crippen LogP) is 5.39. The number of nitrogens with zero attached hydrogens (tertiary/aromatic N) is 7. The smallest absolute Gasteiger partial charge is 0.318 e. The molecule has 0 unspecified atom stereocenters. The monoisotopic (exact) mass is 587 g/mol. The van der Waals surface area contributed by atoms with E-state index in [1.807, 2.05) is 50.1 Å². The van der Waals surface area contributed by atoms with Crippen LogP contribution in [0.4, 0.5) is 10.2 Å². The Balaban J connectivity index is 1.20. The lowest BCUT2D eigenvalue weighted by molar-refractivity contribution is -0.131. The van der Waals surface area contributed by atoms with E-state index in [4.69, 9.17) is 16.3 Å². The van der Waals surface area contributed by atoms with Gasteiger partial charge in [0.25, 0.3) is 0 Å². The lowest BCUT2D eigenvalue weighted by Crippen LogP contribution is -2.53. The van der Waals surface area contributed by atoms with Crippen molar-refractivity contribution in [2.45, 2.75) is 32.6 Å². The molecule has 1 aromatic carbocycles. The van der Waals surface area contributed by atoms with Crippen molar-refractivity contribution in [3.63, 3.8) is 0 Å². The third-order valence-electron chi connectivity index (χ3n) is 7.66. The van der Waals surface area contributed by atoms with E-state index in [0.29, 0.717) is 58.9 Å². The second-order valence-electron chi connectivity index (χ2n) is 11.0. The molecule has 1 amide bonds. The van der Waals surface area contributed by atoms with Gasteiger partial charge >= 0.3 is 6.01 Å². The van der Waals surface area contributed by atoms with Gasteiger partial charge in [0.15, 0.2) is 5.82 Å². The lowest BCUT2D eigenvalue weighted by Gasteiger charge is -2.40. The molecule has 11 heteroatoms. The maximum Gasteiger partial charge on any atom is 0.318 e. The first kappa shape index (κ1) is 28.0. The predicted molar refractivity (Wildman–Crippen MR) is 160 cm³/mol. The van der Waals surface area contributed by atoms with Crippen LogP contribution in [-0.2, 0) is 4.79 Å². The van der Waals surface area contributed by atoms with Gasteiger partial charge in [0.2, 0.25) is 5.91 Å². The second kappa shape index (κ2) is 11.2. The van der Waals surface area contributed by atoms with Crippen LogP contribution < -0.4 is 9.64 Å². The van der Waals surface area contributed by atoms with Crippen LogP contribution in [0.2, 0.25) is 5.02 Å². The Kier molecular flexibility index (Phi) is 7.49. The zero-order chi connectivity index (χ0) is 29.5. The fraction of sp³-hybridized carbons (Fsp3) is 0.355. The van der Waals surface area contributed by atoms with E-state index < -0.39 is 5.82 Å². The number of carbonyl (C=O) groups is 1. The molecule has 2 fully saturated rings. The summed E-state index contributed by atoms with van der Waals surface area (Å²) in [6.45, 7) is 5.54. The topological polar surface area (TPSA) is 97.2 Å². The van der Waals surface area contributed by atoms with Crippen molar-refractivity contribution in [2.75, 3.05) is 38.7 Å². The van der Waals surface area contributed by atoms with E-state index in [1.165, 1.54) is 7.11 Å². The van der Waals surface area contributed by atoms with Gasteiger partial charge in [-0.2, -0.15) is 9.97 Å². The highest BCUT2D eigenvalue weighted by molar-refractivity contribution is 6.32.